The quantitative estimate of drug-likeness (QED) is 0.261. The Morgan fingerprint density at radius 1 is 1.14 bits per heavy atom. The Kier molecular flexibility index (Phi) is 8.27. The third kappa shape index (κ3) is 5.84. The highest BCUT2D eigenvalue weighted by Gasteiger charge is 2.15. The number of amides is 2. The molecule has 2 rings (SSSR count). The topological polar surface area (TPSA) is 84.4 Å². The first-order chi connectivity index (χ1) is 13.9. The number of nitrogens with zero attached hydrogens (tertiary/aromatic N) is 1. The summed E-state index contributed by atoms with van der Waals surface area (Å²) >= 11 is 1.68. The number of nitrogens with two attached hydrogens (primary N) is 2. The molecule has 0 bridgehead atoms. The molecule has 0 spiro atoms. The fourth-order valence-electron chi connectivity index (χ4n) is 2.89. The number of anilines is 1. The van der Waals surface area contributed by atoms with Crippen LogP contribution in [-0.2, 0) is 5.75 Å². The number of hydrogen-bond donors (Lipinski definition) is 3. The Hall–Kier alpha value is -2.80. The maximum atomic E-state index is 11.8. The Balaban J connectivity index is 2.20. The molecule has 152 valence electrons. The fraction of sp³-hybridized carbons (Fsp3) is 0.174. The Bertz CT molecular complexity index is 950. The van der Waals surface area contributed by atoms with Crippen molar-refractivity contribution in [1.82, 2.24) is 5.43 Å². The van der Waals surface area contributed by atoms with E-state index < -0.39 is 6.03 Å². The second-order valence-corrected chi connectivity index (χ2v) is 7.82. The molecule has 0 atom stereocenters. The molecule has 2 aromatic carbocycles. The predicted molar refractivity (Wildman–Crippen MR) is 125 cm³/mol. The number of thioether (sulfide) groups is 1. The van der Waals surface area contributed by atoms with Crippen LogP contribution in [0.5, 0.6) is 0 Å². The SMILES string of the molecule is C=C/C(=C\C=C(/C)SCc1c(C)cccc1N(N)C(=O)NN)c1ccccc1C. The van der Waals surface area contributed by atoms with Crippen molar-refractivity contribution >= 4 is 29.1 Å². The van der Waals surface area contributed by atoms with E-state index in [2.05, 4.69) is 50.1 Å². The Morgan fingerprint density at radius 2 is 1.83 bits per heavy atom. The van der Waals surface area contributed by atoms with Crippen molar-refractivity contribution in [3.8, 4) is 0 Å². The van der Waals surface area contributed by atoms with Crippen LogP contribution in [0.15, 0.2) is 72.2 Å². The summed E-state index contributed by atoms with van der Waals surface area (Å²) in [6.45, 7) is 10.1. The van der Waals surface area contributed by atoms with Crippen molar-refractivity contribution < 1.29 is 4.79 Å². The summed E-state index contributed by atoms with van der Waals surface area (Å²) in [4.78, 5) is 13.0. The summed E-state index contributed by atoms with van der Waals surface area (Å²) in [6.07, 6.45) is 6.03. The first-order valence-corrected chi connectivity index (χ1v) is 10.2. The van der Waals surface area contributed by atoms with E-state index in [0.717, 1.165) is 26.6 Å². The standard InChI is InChI=1S/C23H28N4OS/c1-5-19(20-11-7-6-9-16(20)2)14-13-18(4)29-15-21-17(3)10-8-12-22(21)27(25)23(28)26-24/h5-14H,1,15,24-25H2,2-4H3,(H,26,28)/b18-13+,19-14+. The van der Waals surface area contributed by atoms with Crippen LogP contribution in [0, 0.1) is 13.8 Å². The molecular weight excluding hydrogens is 380 g/mol. The fourth-order valence-corrected chi connectivity index (χ4v) is 3.80. The Labute approximate surface area is 177 Å². The van der Waals surface area contributed by atoms with Crippen molar-refractivity contribution in [2.75, 3.05) is 5.01 Å². The molecule has 0 saturated heterocycles. The second kappa shape index (κ2) is 10.7. The van der Waals surface area contributed by atoms with Gasteiger partial charge < -0.3 is 0 Å². The van der Waals surface area contributed by atoms with E-state index in [4.69, 9.17) is 11.7 Å². The molecule has 6 heteroatoms. The van der Waals surface area contributed by atoms with Gasteiger partial charge >= 0.3 is 6.03 Å². The minimum Gasteiger partial charge on any atom is -0.274 e. The van der Waals surface area contributed by atoms with E-state index in [0.29, 0.717) is 11.4 Å². The van der Waals surface area contributed by atoms with Gasteiger partial charge in [-0.25, -0.2) is 21.5 Å². The summed E-state index contributed by atoms with van der Waals surface area (Å²) in [6, 6.07) is 13.4. The molecule has 0 fully saturated rings. The molecule has 0 unspecified atom stereocenters. The number of urea groups is 1. The minimum atomic E-state index is -0.564. The molecule has 0 saturated carbocycles. The minimum absolute atomic E-state index is 0.564. The molecule has 0 aliphatic carbocycles. The zero-order valence-corrected chi connectivity index (χ0v) is 17.9. The van der Waals surface area contributed by atoms with Crippen molar-refractivity contribution in [3.63, 3.8) is 0 Å². The average molecular weight is 409 g/mol. The van der Waals surface area contributed by atoms with Gasteiger partial charge in [0.05, 0.1) is 5.69 Å². The molecule has 0 radical (unpaired) electrons. The van der Waals surface area contributed by atoms with Gasteiger partial charge in [-0.05, 0) is 59.6 Å². The maximum absolute atomic E-state index is 11.8. The molecule has 5 nitrogen and oxygen atoms in total. The molecule has 2 aromatic rings. The molecule has 0 aromatic heterocycles. The van der Waals surface area contributed by atoms with E-state index in [1.165, 1.54) is 11.1 Å². The number of nitrogens with one attached hydrogen (secondary N) is 1. The summed E-state index contributed by atoms with van der Waals surface area (Å²) in [5.74, 6) is 11.8. The highest BCUT2D eigenvalue weighted by atomic mass is 32.2. The molecule has 0 aliphatic heterocycles. The number of aryl methyl sites for hydroxylation is 2. The van der Waals surface area contributed by atoms with E-state index >= 15 is 0 Å². The van der Waals surface area contributed by atoms with E-state index in [1.54, 1.807) is 11.8 Å². The molecule has 0 aliphatic rings. The number of carbonyl (C=O) groups is 1. The summed E-state index contributed by atoms with van der Waals surface area (Å²) in [5, 5.41) is 1.04. The van der Waals surface area contributed by atoms with Gasteiger partial charge in [0, 0.05) is 5.75 Å². The van der Waals surface area contributed by atoms with Crippen LogP contribution in [0.1, 0.15) is 29.2 Å². The van der Waals surface area contributed by atoms with Crippen LogP contribution in [0.25, 0.3) is 5.57 Å². The Morgan fingerprint density at radius 3 is 2.48 bits per heavy atom. The number of benzene rings is 2. The largest absolute Gasteiger partial charge is 0.350 e. The molecule has 29 heavy (non-hydrogen) atoms. The van der Waals surface area contributed by atoms with Gasteiger partial charge in [0.1, 0.15) is 0 Å². The van der Waals surface area contributed by atoms with E-state index in [1.807, 2.05) is 43.3 Å². The maximum Gasteiger partial charge on any atom is 0.350 e. The highest BCUT2D eigenvalue weighted by molar-refractivity contribution is 8.02. The van der Waals surface area contributed by atoms with Crippen LogP contribution < -0.4 is 22.1 Å². The van der Waals surface area contributed by atoms with Crippen molar-refractivity contribution in [2.45, 2.75) is 26.5 Å². The zero-order valence-electron chi connectivity index (χ0n) is 17.1. The lowest BCUT2D eigenvalue weighted by Gasteiger charge is -2.20. The molecule has 2 amide bonds. The first-order valence-electron chi connectivity index (χ1n) is 9.22. The first kappa shape index (κ1) is 22.5. The van der Waals surface area contributed by atoms with Crippen LogP contribution >= 0.6 is 11.8 Å². The van der Waals surface area contributed by atoms with E-state index in [9.17, 15) is 4.79 Å². The van der Waals surface area contributed by atoms with Gasteiger partial charge in [-0.2, -0.15) is 0 Å². The number of allylic oxidation sites excluding steroid dienone is 5. The zero-order chi connectivity index (χ0) is 21.4. The van der Waals surface area contributed by atoms with Gasteiger partial charge in [0.2, 0.25) is 0 Å². The van der Waals surface area contributed by atoms with E-state index in [-0.39, 0.29) is 0 Å². The highest BCUT2D eigenvalue weighted by Crippen LogP contribution is 2.30. The van der Waals surface area contributed by atoms with Crippen LogP contribution in [-0.4, -0.2) is 6.03 Å². The number of hydrazine groups is 2. The lowest BCUT2D eigenvalue weighted by atomic mass is 10.0. The van der Waals surface area contributed by atoms with Crippen molar-refractivity contribution in [3.05, 3.63) is 94.4 Å². The third-order valence-corrected chi connectivity index (χ3v) is 5.63. The summed E-state index contributed by atoms with van der Waals surface area (Å²) < 4.78 is 0. The average Bonchev–Trinajstić information content (AvgIpc) is 2.73. The van der Waals surface area contributed by atoms with Crippen LogP contribution in [0.2, 0.25) is 0 Å². The lowest BCUT2D eigenvalue weighted by Crippen LogP contribution is -2.48. The van der Waals surface area contributed by atoms with Crippen molar-refractivity contribution in [2.24, 2.45) is 11.7 Å². The van der Waals surface area contributed by atoms with Gasteiger partial charge in [-0.3, -0.25) is 5.43 Å². The van der Waals surface area contributed by atoms with Crippen molar-refractivity contribution in [1.29, 1.82) is 0 Å². The van der Waals surface area contributed by atoms with Crippen LogP contribution in [0.3, 0.4) is 0 Å². The van der Waals surface area contributed by atoms with Gasteiger partial charge in [0.25, 0.3) is 0 Å². The van der Waals surface area contributed by atoms with Gasteiger partial charge in [0.15, 0.2) is 0 Å². The number of carbonyl (C=O) groups excluding carboxylic acids is 1. The molecular formula is C23H28N4OS. The second-order valence-electron chi connectivity index (χ2n) is 6.60. The smallest absolute Gasteiger partial charge is 0.274 e. The predicted octanol–water partition coefficient (Wildman–Crippen LogP) is 4.97. The molecule has 0 heterocycles. The monoisotopic (exact) mass is 408 g/mol. The molecule has 5 N–H and O–H groups in total. The summed E-state index contributed by atoms with van der Waals surface area (Å²) in [7, 11) is 0. The number of hydrogen-bond acceptors (Lipinski definition) is 4. The number of rotatable bonds is 7. The lowest BCUT2D eigenvalue weighted by molar-refractivity contribution is 0.246. The normalized spacial score (nSPS) is 11.9. The third-order valence-electron chi connectivity index (χ3n) is 4.61. The summed E-state index contributed by atoms with van der Waals surface area (Å²) in [5.41, 5.74) is 8.20. The van der Waals surface area contributed by atoms with Crippen LogP contribution in [0.4, 0.5) is 10.5 Å². The van der Waals surface area contributed by atoms with Gasteiger partial charge in [-0.15, -0.1) is 11.8 Å². The van der Waals surface area contributed by atoms with Gasteiger partial charge in [-0.1, -0.05) is 61.2 Å².